The van der Waals surface area contributed by atoms with Gasteiger partial charge < -0.3 is 20.1 Å². The molecular weight excluding hydrogens is 400 g/mol. The van der Waals surface area contributed by atoms with Crippen LogP contribution in [0.4, 0.5) is 5.69 Å². The van der Waals surface area contributed by atoms with Crippen LogP contribution in [0.5, 0.6) is 11.5 Å². The van der Waals surface area contributed by atoms with Gasteiger partial charge in [0.1, 0.15) is 0 Å². The van der Waals surface area contributed by atoms with E-state index in [-0.39, 0.29) is 18.6 Å². The fourth-order valence-corrected chi connectivity index (χ4v) is 2.62. The number of rotatable bonds is 8. The van der Waals surface area contributed by atoms with Crippen LogP contribution in [0.25, 0.3) is 0 Å². The van der Waals surface area contributed by atoms with Gasteiger partial charge in [-0.25, -0.2) is 5.43 Å². The summed E-state index contributed by atoms with van der Waals surface area (Å²) < 4.78 is 10.9. The van der Waals surface area contributed by atoms with Crippen molar-refractivity contribution in [2.24, 2.45) is 5.10 Å². The third-order valence-electron chi connectivity index (χ3n) is 4.46. The molecular formula is C22H24N4O5. The van der Waals surface area contributed by atoms with Crippen LogP contribution < -0.4 is 25.5 Å². The molecule has 1 aliphatic rings. The highest BCUT2D eigenvalue weighted by Gasteiger charge is 2.26. The van der Waals surface area contributed by atoms with E-state index in [1.54, 1.807) is 18.2 Å². The highest BCUT2D eigenvalue weighted by atomic mass is 16.5. The van der Waals surface area contributed by atoms with E-state index in [0.29, 0.717) is 17.1 Å². The van der Waals surface area contributed by atoms with Crippen molar-refractivity contribution >= 4 is 29.6 Å². The third kappa shape index (κ3) is 6.56. The molecule has 0 atom stereocenters. The van der Waals surface area contributed by atoms with Gasteiger partial charge in [0.2, 0.25) is 0 Å². The Hall–Kier alpha value is -3.88. The van der Waals surface area contributed by atoms with Gasteiger partial charge in [-0.15, -0.1) is 0 Å². The quantitative estimate of drug-likeness (QED) is 0.339. The van der Waals surface area contributed by atoms with Crippen molar-refractivity contribution in [1.82, 2.24) is 10.7 Å². The van der Waals surface area contributed by atoms with Gasteiger partial charge >= 0.3 is 11.8 Å². The number of amides is 3. The van der Waals surface area contributed by atoms with Gasteiger partial charge in [-0.3, -0.25) is 14.4 Å². The van der Waals surface area contributed by atoms with Gasteiger partial charge in [0.05, 0.1) is 13.3 Å². The van der Waals surface area contributed by atoms with Gasteiger partial charge in [-0.05, 0) is 55.2 Å². The zero-order chi connectivity index (χ0) is 22.2. The summed E-state index contributed by atoms with van der Waals surface area (Å²) >= 11 is 0. The Morgan fingerprint density at radius 1 is 1.10 bits per heavy atom. The van der Waals surface area contributed by atoms with Crippen molar-refractivity contribution in [1.29, 1.82) is 0 Å². The average molecular weight is 424 g/mol. The predicted octanol–water partition coefficient (Wildman–Crippen LogP) is 1.75. The number of para-hydroxylation sites is 1. The Balaban J connectivity index is 1.52. The van der Waals surface area contributed by atoms with Crippen LogP contribution in [0.2, 0.25) is 0 Å². The molecule has 1 saturated carbocycles. The van der Waals surface area contributed by atoms with Crippen LogP contribution >= 0.6 is 0 Å². The van der Waals surface area contributed by atoms with Crippen LogP contribution in [-0.4, -0.2) is 43.7 Å². The van der Waals surface area contributed by atoms with E-state index in [0.717, 1.165) is 24.1 Å². The molecule has 0 aliphatic heterocycles. The summed E-state index contributed by atoms with van der Waals surface area (Å²) in [5, 5.41) is 9.15. The Morgan fingerprint density at radius 3 is 2.58 bits per heavy atom. The minimum absolute atomic E-state index is 0.0952. The predicted molar refractivity (Wildman–Crippen MR) is 115 cm³/mol. The fraction of sp³-hybridized carbons (Fsp3) is 0.273. The number of ether oxygens (including phenoxy) is 2. The lowest BCUT2D eigenvalue weighted by Gasteiger charge is -2.12. The van der Waals surface area contributed by atoms with Crippen molar-refractivity contribution in [2.45, 2.75) is 25.8 Å². The maximum Gasteiger partial charge on any atom is 0.329 e. The lowest BCUT2D eigenvalue weighted by Crippen LogP contribution is -2.38. The fourth-order valence-electron chi connectivity index (χ4n) is 2.62. The number of carbonyl (C=O) groups is 3. The molecule has 2 aromatic carbocycles. The molecule has 1 aliphatic carbocycles. The Morgan fingerprint density at radius 2 is 1.87 bits per heavy atom. The first-order chi connectivity index (χ1) is 15.0. The lowest BCUT2D eigenvalue weighted by atomic mass is 10.2. The first-order valence-corrected chi connectivity index (χ1v) is 9.76. The molecule has 3 amide bonds. The minimum atomic E-state index is -0.824. The Labute approximate surface area is 179 Å². The average Bonchev–Trinajstić information content (AvgIpc) is 3.58. The van der Waals surface area contributed by atoms with Gasteiger partial charge in [-0.1, -0.05) is 18.2 Å². The number of nitrogens with one attached hydrogen (secondary N) is 3. The highest BCUT2D eigenvalue weighted by Crippen LogP contribution is 2.27. The molecule has 9 nitrogen and oxygen atoms in total. The number of methoxy groups -OCH3 is 1. The second-order valence-corrected chi connectivity index (χ2v) is 7.01. The number of hydrogen-bond acceptors (Lipinski definition) is 6. The van der Waals surface area contributed by atoms with Crippen LogP contribution in [0.1, 0.15) is 24.0 Å². The van der Waals surface area contributed by atoms with Gasteiger partial charge in [0.15, 0.2) is 18.1 Å². The smallest absolute Gasteiger partial charge is 0.329 e. The molecule has 0 bridgehead atoms. The number of aryl methyl sites for hydroxylation is 1. The summed E-state index contributed by atoms with van der Waals surface area (Å²) in [7, 11) is 1.47. The Kier molecular flexibility index (Phi) is 7.21. The number of benzene rings is 2. The molecule has 0 saturated heterocycles. The molecule has 162 valence electrons. The second-order valence-electron chi connectivity index (χ2n) is 7.01. The Bertz CT molecular complexity index is 1000. The molecule has 3 rings (SSSR count). The molecule has 0 unspecified atom stereocenters. The molecule has 0 heterocycles. The van der Waals surface area contributed by atoms with Crippen molar-refractivity contribution in [2.75, 3.05) is 19.0 Å². The number of hydrogen-bond donors (Lipinski definition) is 3. The first-order valence-electron chi connectivity index (χ1n) is 9.76. The summed E-state index contributed by atoms with van der Waals surface area (Å²) in [6.07, 6.45) is 3.16. The summed E-state index contributed by atoms with van der Waals surface area (Å²) in [6.45, 7) is 1.71. The minimum Gasteiger partial charge on any atom is -0.493 e. The third-order valence-corrected chi connectivity index (χ3v) is 4.46. The van der Waals surface area contributed by atoms with E-state index < -0.39 is 11.8 Å². The number of anilines is 1. The monoisotopic (exact) mass is 424 g/mol. The largest absolute Gasteiger partial charge is 0.493 e. The molecule has 1 fully saturated rings. The van der Waals surface area contributed by atoms with Gasteiger partial charge in [0.25, 0.3) is 5.91 Å². The summed E-state index contributed by atoms with van der Waals surface area (Å²) in [5.41, 5.74) is 4.46. The van der Waals surface area contributed by atoms with Crippen molar-refractivity contribution in [3.05, 3.63) is 53.6 Å². The van der Waals surface area contributed by atoms with Crippen LogP contribution in [0, 0.1) is 6.92 Å². The van der Waals surface area contributed by atoms with Crippen molar-refractivity contribution < 1.29 is 23.9 Å². The number of hydrazone groups is 1. The topological polar surface area (TPSA) is 118 Å². The number of carbonyl (C=O) groups excluding carboxylic acids is 3. The molecule has 0 aromatic heterocycles. The van der Waals surface area contributed by atoms with Crippen LogP contribution in [0.15, 0.2) is 47.6 Å². The van der Waals surface area contributed by atoms with E-state index in [1.807, 2.05) is 31.2 Å². The summed E-state index contributed by atoms with van der Waals surface area (Å²) in [6, 6.07) is 12.5. The maximum absolute atomic E-state index is 12.2. The van der Waals surface area contributed by atoms with E-state index in [2.05, 4.69) is 21.2 Å². The zero-order valence-corrected chi connectivity index (χ0v) is 17.3. The maximum atomic E-state index is 12.2. The van der Waals surface area contributed by atoms with Crippen molar-refractivity contribution in [3.8, 4) is 11.5 Å². The van der Waals surface area contributed by atoms with E-state index in [1.165, 1.54) is 13.3 Å². The van der Waals surface area contributed by atoms with Gasteiger partial charge in [-0.2, -0.15) is 5.10 Å². The standard InChI is InChI=1S/C22H24N4O5/c1-14-5-3-4-6-17(14)25-20(27)13-31-18-10-7-15(11-19(18)30-2)12-23-26-22(29)21(28)24-16-8-9-16/h3-7,10-12,16H,8-9,13H2,1-2H3,(H,24,28)(H,25,27)(H,26,29)/b23-12-. The van der Waals surface area contributed by atoms with E-state index in [9.17, 15) is 14.4 Å². The molecule has 2 aromatic rings. The summed E-state index contributed by atoms with van der Waals surface area (Å²) in [5.74, 6) is -1.05. The highest BCUT2D eigenvalue weighted by molar-refractivity contribution is 6.35. The first kappa shape index (κ1) is 21.8. The second kappa shape index (κ2) is 10.2. The molecule has 9 heteroatoms. The van der Waals surface area contributed by atoms with E-state index in [4.69, 9.17) is 9.47 Å². The van der Waals surface area contributed by atoms with Crippen molar-refractivity contribution in [3.63, 3.8) is 0 Å². The van der Waals surface area contributed by atoms with Crippen LogP contribution in [-0.2, 0) is 14.4 Å². The zero-order valence-electron chi connectivity index (χ0n) is 17.3. The van der Waals surface area contributed by atoms with Crippen LogP contribution in [0.3, 0.4) is 0 Å². The number of nitrogens with zero attached hydrogens (tertiary/aromatic N) is 1. The van der Waals surface area contributed by atoms with Gasteiger partial charge in [0, 0.05) is 11.7 Å². The molecule has 0 radical (unpaired) electrons. The molecule has 31 heavy (non-hydrogen) atoms. The molecule has 0 spiro atoms. The normalized spacial score (nSPS) is 12.8. The molecule has 3 N–H and O–H groups in total. The van der Waals surface area contributed by atoms with E-state index >= 15 is 0 Å². The lowest BCUT2D eigenvalue weighted by molar-refractivity contribution is -0.139. The SMILES string of the molecule is COc1cc(/C=N\NC(=O)C(=O)NC2CC2)ccc1OCC(=O)Nc1ccccc1C. The summed E-state index contributed by atoms with van der Waals surface area (Å²) in [4.78, 5) is 35.4.